The summed E-state index contributed by atoms with van der Waals surface area (Å²) in [6.45, 7) is 1.71. The Morgan fingerprint density at radius 1 is 0.821 bits per heavy atom. The molecule has 1 atom stereocenters. The molecule has 2 rings (SSSR count). The molecule has 2 aromatic carbocycles. The monoisotopic (exact) mass is 573 g/mol. The molecule has 2 aromatic rings. The fourth-order valence-corrected chi connectivity index (χ4v) is 2.09. The minimum absolute atomic E-state index is 0. The van der Waals surface area contributed by atoms with Crippen molar-refractivity contribution < 1.29 is 57.6 Å². The molecule has 0 aromatic heterocycles. The number of alkyl halides is 5. The minimum atomic E-state index is -5.64. The third-order valence-corrected chi connectivity index (χ3v) is 3.53. The quantitative estimate of drug-likeness (QED) is 0.376. The average Bonchev–Trinajstić information content (AvgIpc) is 2.59. The van der Waals surface area contributed by atoms with Gasteiger partial charge in [0, 0.05) is 21.1 Å². The van der Waals surface area contributed by atoms with E-state index in [2.05, 4.69) is 11.7 Å². The summed E-state index contributed by atoms with van der Waals surface area (Å²) in [6, 6.07) is 13.0. The van der Waals surface area contributed by atoms with Crippen LogP contribution in [0.3, 0.4) is 0 Å². The van der Waals surface area contributed by atoms with Crippen molar-refractivity contribution in [1.29, 1.82) is 0 Å². The average molecular weight is 573 g/mol. The molecule has 1 N–H and O–H groups in total. The molecule has 154 valence electrons. The van der Waals surface area contributed by atoms with Gasteiger partial charge in [0.1, 0.15) is 11.5 Å². The standard InChI is InChI=1S/C19H18F5O3.W/c1-13(25)11-26-16-6-2-14(3-7-16)10-15-4-8-17(9-5-15)27-12-18(20,21)19(22,23)24;/h2-9,13,25H,1,10-12H2;/q-1;. The van der Waals surface area contributed by atoms with Gasteiger partial charge in [-0.15, -0.1) is 0 Å². The van der Waals surface area contributed by atoms with Crippen LogP contribution >= 0.6 is 0 Å². The number of rotatable bonds is 8. The fraction of sp³-hybridized carbons (Fsp3) is 0.316. The summed E-state index contributed by atoms with van der Waals surface area (Å²) < 4.78 is 71.8. The first kappa shape index (κ1) is 24.4. The summed E-state index contributed by atoms with van der Waals surface area (Å²) in [6.07, 6.45) is -5.94. The summed E-state index contributed by atoms with van der Waals surface area (Å²) in [4.78, 5) is 0. The fourth-order valence-electron chi connectivity index (χ4n) is 2.09. The summed E-state index contributed by atoms with van der Waals surface area (Å²) >= 11 is 0. The molecule has 0 saturated heterocycles. The van der Waals surface area contributed by atoms with Crippen molar-refractivity contribution >= 4 is 0 Å². The van der Waals surface area contributed by atoms with Gasteiger partial charge in [-0.3, -0.25) is 0 Å². The summed E-state index contributed by atoms with van der Waals surface area (Å²) in [5, 5.41) is 9.06. The van der Waals surface area contributed by atoms with E-state index in [0.717, 1.165) is 11.1 Å². The van der Waals surface area contributed by atoms with Crippen molar-refractivity contribution in [3.05, 3.63) is 66.6 Å². The zero-order valence-electron chi connectivity index (χ0n) is 14.6. The Hall–Kier alpha value is -1.66. The molecule has 0 fully saturated rings. The van der Waals surface area contributed by atoms with Gasteiger partial charge in [0.2, 0.25) is 0 Å². The molecule has 0 aliphatic carbocycles. The number of halogens is 5. The van der Waals surface area contributed by atoms with Crippen LogP contribution < -0.4 is 9.47 Å². The van der Waals surface area contributed by atoms with Crippen LogP contribution in [0.2, 0.25) is 0 Å². The van der Waals surface area contributed by atoms with Crippen LogP contribution in [0.25, 0.3) is 0 Å². The van der Waals surface area contributed by atoms with Gasteiger partial charge in [-0.05, 0) is 47.9 Å². The molecule has 0 spiro atoms. The Morgan fingerprint density at radius 2 is 1.25 bits per heavy atom. The predicted molar refractivity (Wildman–Crippen MR) is 89.0 cm³/mol. The van der Waals surface area contributed by atoms with E-state index in [4.69, 9.17) is 9.84 Å². The number of ether oxygens (including phenoxy) is 2. The maximum absolute atomic E-state index is 12.8. The summed E-state index contributed by atoms with van der Waals surface area (Å²) in [5.41, 5.74) is 1.77. The first-order valence-corrected chi connectivity index (χ1v) is 7.96. The van der Waals surface area contributed by atoms with Crippen molar-refractivity contribution in [2.45, 2.75) is 24.6 Å². The molecule has 28 heavy (non-hydrogen) atoms. The van der Waals surface area contributed by atoms with Gasteiger partial charge in [-0.2, -0.15) is 22.0 Å². The van der Waals surface area contributed by atoms with Gasteiger partial charge in [-0.1, -0.05) is 24.3 Å². The molecule has 3 nitrogen and oxygen atoms in total. The van der Waals surface area contributed by atoms with E-state index in [9.17, 15) is 22.0 Å². The molecule has 9 heteroatoms. The molecule has 0 aliphatic heterocycles. The van der Waals surface area contributed by atoms with Crippen LogP contribution in [0.4, 0.5) is 22.0 Å². The van der Waals surface area contributed by atoms with Gasteiger partial charge in [0.25, 0.3) is 0 Å². The van der Waals surface area contributed by atoms with E-state index in [1.54, 1.807) is 24.3 Å². The Kier molecular flexibility index (Phi) is 8.89. The largest absolute Gasteiger partial charge is 0.494 e. The molecule has 0 aliphatic rings. The second kappa shape index (κ2) is 10.2. The zero-order chi connectivity index (χ0) is 20.1. The van der Waals surface area contributed by atoms with Crippen molar-refractivity contribution in [3.63, 3.8) is 0 Å². The minimum Gasteiger partial charge on any atom is -0.494 e. The number of benzene rings is 2. The zero-order valence-corrected chi connectivity index (χ0v) is 17.5. The Morgan fingerprint density at radius 3 is 1.64 bits per heavy atom. The molecule has 0 bridgehead atoms. The number of aliphatic hydroxyl groups excluding tert-OH is 1. The van der Waals surface area contributed by atoms with Crippen LogP contribution in [0.5, 0.6) is 11.5 Å². The predicted octanol–water partition coefficient (Wildman–Crippen LogP) is 4.43. The van der Waals surface area contributed by atoms with Crippen LogP contribution in [0.15, 0.2) is 48.5 Å². The summed E-state index contributed by atoms with van der Waals surface area (Å²) in [5.74, 6) is -4.40. The number of hydrogen-bond acceptors (Lipinski definition) is 3. The van der Waals surface area contributed by atoms with E-state index in [-0.39, 0.29) is 33.4 Å². The molecular formula is C19H18F5O3W-. The van der Waals surface area contributed by atoms with Gasteiger partial charge < -0.3 is 21.5 Å². The van der Waals surface area contributed by atoms with Crippen LogP contribution in [-0.2, 0) is 27.5 Å². The molecule has 1 unspecified atom stereocenters. The van der Waals surface area contributed by atoms with E-state index in [0.29, 0.717) is 12.2 Å². The van der Waals surface area contributed by atoms with Crippen LogP contribution in [0.1, 0.15) is 11.1 Å². The topological polar surface area (TPSA) is 38.7 Å². The second-order valence-corrected chi connectivity index (χ2v) is 5.92. The van der Waals surface area contributed by atoms with E-state index in [1.165, 1.54) is 12.1 Å². The molecule has 0 amide bonds. The van der Waals surface area contributed by atoms with Gasteiger partial charge in [0.15, 0.2) is 6.61 Å². The van der Waals surface area contributed by atoms with Crippen LogP contribution in [-0.4, -0.2) is 36.5 Å². The van der Waals surface area contributed by atoms with Crippen molar-refractivity contribution in [2.75, 3.05) is 13.2 Å². The maximum Gasteiger partial charge on any atom is 0.456 e. The van der Waals surface area contributed by atoms with E-state index >= 15 is 0 Å². The van der Waals surface area contributed by atoms with Gasteiger partial charge in [-0.25, -0.2) is 0 Å². The molecular weight excluding hydrogens is 555 g/mol. The van der Waals surface area contributed by atoms with E-state index < -0.39 is 24.8 Å². The van der Waals surface area contributed by atoms with Gasteiger partial charge in [0.05, 0.1) is 6.61 Å². The Balaban J connectivity index is 0.00000392. The van der Waals surface area contributed by atoms with Crippen molar-refractivity contribution in [3.8, 4) is 11.5 Å². The van der Waals surface area contributed by atoms with Gasteiger partial charge >= 0.3 is 12.1 Å². The Labute approximate surface area is 173 Å². The maximum atomic E-state index is 12.8. The smallest absolute Gasteiger partial charge is 0.456 e. The third-order valence-electron chi connectivity index (χ3n) is 3.53. The first-order chi connectivity index (χ1) is 12.6. The summed E-state index contributed by atoms with van der Waals surface area (Å²) in [7, 11) is 0. The third kappa shape index (κ3) is 7.40. The van der Waals surface area contributed by atoms with Crippen molar-refractivity contribution in [2.24, 2.45) is 0 Å². The molecule has 0 heterocycles. The first-order valence-electron chi connectivity index (χ1n) is 7.96. The molecule has 0 saturated carbocycles. The molecule has 0 radical (unpaired) electrons. The number of aliphatic hydroxyl groups is 1. The van der Waals surface area contributed by atoms with Crippen molar-refractivity contribution in [1.82, 2.24) is 0 Å². The Bertz CT molecular complexity index is 716. The number of hydrogen-bond donors (Lipinski definition) is 1. The van der Waals surface area contributed by atoms with E-state index in [1.807, 2.05) is 12.1 Å². The van der Waals surface area contributed by atoms with Crippen LogP contribution in [0, 0.1) is 6.92 Å². The second-order valence-electron chi connectivity index (χ2n) is 5.92. The SMILES string of the molecule is [CH2-]C(O)COc1ccc(Cc2ccc(OCC(F)(F)C(F)(F)F)cc2)cc1.[W]. The normalized spacial score (nSPS) is 12.8.